The largest absolute Gasteiger partial charge is 0.496 e. The van der Waals surface area contributed by atoms with Gasteiger partial charge in [-0.15, -0.1) is 0 Å². The lowest BCUT2D eigenvalue weighted by Crippen LogP contribution is -2.38. The van der Waals surface area contributed by atoms with Gasteiger partial charge in [0, 0.05) is 11.6 Å². The average molecular weight is 328 g/mol. The molecule has 0 heterocycles. The SMILES string of the molecule is COc1ccc(C(=O)NC2CCC(O)CC2)cc1Br. The highest BCUT2D eigenvalue weighted by Crippen LogP contribution is 2.26. The fraction of sp³-hybridized carbons (Fsp3) is 0.500. The number of benzene rings is 1. The molecular formula is C14H18BrNO3. The van der Waals surface area contributed by atoms with Crippen molar-refractivity contribution in [3.63, 3.8) is 0 Å². The van der Waals surface area contributed by atoms with Crippen LogP contribution in [-0.4, -0.2) is 30.3 Å². The second kappa shape index (κ2) is 6.39. The summed E-state index contributed by atoms with van der Waals surface area (Å²) in [6.45, 7) is 0. The van der Waals surface area contributed by atoms with Crippen LogP contribution in [0.4, 0.5) is 0 Å². The van der Waals surface area contributed by atoms with E-state index in [1.165, 1.54) is 0 Å². The highest BCUT2D eigenvalue weighted by atomic mass is 79.9. The molecule has 1 aromatic rings. The normalized spacial score (nSPS) is 22.9. The number of hydrogen-bond donors (Lipinski definition) is 2. The third kappa shape index (κ3) is 3.70. The minimum absolute atomic E-state index is 0.0789. The first-order valence-electron chi connectivity index (χ1n) is 6.42. The molecule has 5 heteroatoms. The molecule has 4 nitrogen and oxygen atoms in total. The maximum atomic E-state index is 12.1. The van der Waals surface area contributed by atoms with E-state index in [1.807, 2.05) is 0 Å². The number of methoxy groups -OCH3 is 1. The summed E-state index contributed by atoms with van der Waals surface area (Å²) in [5.41, 5.74) is 0.610. The molecule has 104 valence electrons. The van der Waals surface area contributed by atoms with Gasteiger partial charge in [0.15, 0.2) is 0 Å². The lowest BCUT2D eigenvalue weighted by atomic mass is 9.93. The van der Waals surface area contributed by atoms with Crippen LogP contribution in [-0.2, 0) is 0 Å². The third-order valence-electron chi connectivity index (χ3n) is 3.45. The average Bonchev–Trinajstić information content (AvgIpc) is 2.41. The number of rotatable bonds is 3. The minimum atomic E-state index is -0.205. The van der Waals surface area contributed by atoms with Crippen LogP contribution in [0.3, 0.4) is 0 Å². The summed E-state index contributed by atoms with van der Waals surface area (Å²) >= 11 is 3.37. The predicted octanol–water partition coefficient (Wildman–Crippen LogP) is 2.49. The van der Waals surface area contributed by atoms with Crippen LogP contribution in [0.2, 0.25) is 0 Å². The van der Waals surface area contributed by atoms with E-state index < -0.39 is 0 Å². The van der Waals surface area contributed by atoms with Crippen LogP contribution in [0.25, 0.3) is 0 Å². The van der Waals surface area contributed by atoms with Gasteiger partial charge < -0.3 is 15.2 Å². The molecule has 1 fully saturated rings. The molecule has 2 rings (SSSR count). The highest BCUT2D eigenvalue weighted by molar-refractivity contribution is 9.10. The Kier molecular flexibility index (Phi) is 4.82. The van der Waals surface area contributed by atoms with Crippen LogP contribution in [0, 0.1) is 0 Å². The van der Waals surface area contributed by atoms with Gasteiger partial charge in [0.05, 0.1) is 17.7 Å². The predicted molar refractivity (Wildman–Crippen MR) is 76.4 cm³/mol. The first kappa shape index (κ1) is 14.3. The molecule has 19 heavy (non-hydrogen) atoms. The van der Waals surface area contributed by atoms with Crippen molar-refractivity contribution < 1.29 is 14.6 Å². The van der Waals surface area contributed by atoms with E-state index in [-0.39, 0.29) is 18.1 Å². The van der Waals surface area contributed by atoms with Gasteiger partial charge in [-0.05, 0) is 59.8 Å². The Balaban J connectivity index is 1.98. The Bertz CT molecular complexity index is 456. The van der Waals surface area contributed by atoms with Crippen molar-refractivity contribution in [2.24, 2.45) is 0 Å². The number of aliphatic hydroxyl groups is 1. The Morgan fingerprint density at radius 3 is 2.63 bits per heavy atom. The molecule has 0 saturated heterocycles. The Hall–Kier alpha value is -1.07. The van der Waals surface area contributed by atoms with E-state index >= 15 is 0 Å². The van der Waals surface area contributed by atoms with Crippen molar-refractivity contribution in [1.82, 2.24) is 5.32 Å². The van der Waals surface area contributed by atoms with E-state index in [4.69, 9.17) is 4.74 Å². The van der Waals surface area contributed by atoms with Crippen LogP contribution in [0.5, 0.6) is 5.75 Å². The Morgan fingerprint density at radius 2 is 2.05 bits per heavy atom. The fourth-order valence-electron chi connectivity index (χ4n) is 2.30. The summed E-state index contributed by atoms with van der Waals surface area (Å²) in [6, 6.07) is 5.43. The summed E-state index contributed by atoms with van der Waals surface area (Å²) in [6.07, 6.45) is 2.99. The zero-order valence-electron chi connectivity index (χ0n) is 10.9. The van der Waals surface area contributed by atoms with E-state index in [0.717, 1.165) is 30.2 Å². The van der Waals surface area contributed by atoms with Gasteiger partial charge in [-0.1, -0.05) is 0 Å². The van der Waals surface area contributed by atoms with E-state index in [2.05, 4.69) is 21.2 Å². The zero-order chi connectivity index (χ0) is 13.8. The van der Waals surface area contributed by atoms with Crippen molar-refractivity contribution in [2.45, 2.75) is 37.8 Å². The molecule has 1 aliphatic rings. The molecule has 1 amide bonds. The van der Waals surface area contributed by atoms with E-state index in [1.54, 1.807) is 25.3 Å². The zero-order valence-corrected chi connectivity index (χ0v) is 12.4. The summed E-state index contributed by atoms with van der Waals surface area (Å²) in [5.74, 6) is 0.627. The first-order valence-corrected chi connectivity index (χ1v) is 7.22. The maximum Gasteiger partial charge on any atom is 0.251 e. The van der Waals surface area contributed by atoms with Crippen molar-refractivity contribution in [3.05, 3.63) is 28.2 Å². The lowest BCUT2D eigenvalue weighted by molar-refractivity contribution is 0.0867. The quantitative estimate of drug-likeness (QED) is 0.896. The second-order valence-electron chi connectivity index (χ2n) is 4.83. The molecule has 0 radical (unpaired) electrons. The molecule has 2 N–H and O–H groups in total. The van der Waals surface area contributed by atoms with Crippen molar-refractivity contribution in [1.29, 1.82) is 0 Å². The standard InChI is InChI=1S/C14H18BrNO3/c1-19-13-7-2-9(8-12(13)15)14(18)16-10-3-5-11(17)6-4-10/h2,7-8,10-11,17H,3-6H2,1H3,(H,16,18). The molecule has 0 aliphatic heterocycles. The van der Waals surface area contributed by atoms with Gasteiger partial charge in [-0.3, -0.25) is 4.79 Å². The number of hydrogen-bond acceptors (Lipinski definition) is 3. The van der Waals surface area contributed by atoms with Gasteiger partial charge in [0.2, 0.25) is 0 Å². The number of aliphatic hydroxyl groups excluding tert-OH is 1. The molecule has 0 bridgehead atoms. The topological polar surface area (TPSA) is 58.6 Å². The molecule has 1 aliphatic carbocycles. The van der Waals surface area contributed by atoms with Gasteiger partial charge in [-0.25, -0.2) is 0 Å². The molecule has 1 saturated carbocycles. The van der Waals surface area contributed by atoms with Gasteiger partial charge in [0.1, 0.15) is 5.75 Å². The number of amides is 1. The second-order valence-corrected chi connectivity index (χ2v) is 5.68. The molecular weight excluding hydrogens is 310 g/mol. The fourth-order valence-corrected chi connectivity index (χ4v) is 2.84. The summed E-state index contributed by atoms with van der Waals surface area (Å²) in [7, 11) is 1.59. The molecule has 1 aromatic carbocycles. The number of carbonyl (C=O) groups excluding carboxylic acids is 1. The highest BCUT2D eigenvalue weighted by Gasteiger charge is 2.21. The Morgan fingerprint density at radius 1 is 1.37 bits per heavy atom. The number of halogens is 1. The van der Waals surface area contributed by atoms with Crippen LogP contribution >= 0.6 is 15.9 Å². The van der Waals surface area contributed by atoms with Crippen LogP contribution < -0.4 is 10.1 Å². The van der Waals surface area contributed by atoms with Gasteiger partial charge in [-0.2, -0.15) is 0 Å². The third-order valence-corrected chi connectivity index (χ3v) is 4.07. The summed E-state index contributed by atoms with van der Waals surface area (Å²) in [5, 5.41) is 12.4. The molecule has 0 spiro atoms. The van der Waals surface area contributed by atoms with Gasteiger partial charge >= 0.3 is 0 Å². The smallest absolute Gasteiger partial charge is 0.251 e. The van der Waals surface area contributed by atoms with Crippen LogP contribution in [0.1, 0.15) is 36.0 Å². The number of ether oxygens (including phenoxy) is 1. The van der Waals surface area contributed by atoms with Crippen molar-refractivity contribution >= 4 is 21.8 Å². The monoisotopic (exact) mass is 327 g/mol. The van der Waals surface area contributed by atoms with Crippen molar-refractivity contribution in [3.8, 4) is 5.75 Å². The molecule has 0 atom stereocenters. The van der Waals surface area contributed by atoms with Crippen LogP contribution in [0.15, 0.2) is 22.7 Å². The first-order chi connectivity index (χ1) is 9.10. The molecule has 0 aromatic heterocycles. The van der Waals surface area contributed by atoms with Crippen molar-refractivity contribution in [2.75, 3.05) is 7.11 Å². The summed E-state index contributed by atoms with van der Waals surface area (Å²) < 4.78 is 5.90. The Labute approximate surface area is 121 Å². The maximum absolute atomic E-state index is 12.1. The van der Waals surface area contributed by atoms with E-state index in [9.17, 15) is 9.90 Å². The molecule has 0 unspecified atom stereocenters. The minimum Gasteiger partial charge on any atom is -0.496 e. The van der Waals surface area contributed by atoms with Gasteiger partial charge in [0.25, 0.3) is 5.91 Å². The lowest BCUT2D eigenvalue weighted by Gasteiger charge is -2.26. The number of carbonyl (C=O) groups is 1. The van der Waals surface area contributed by atoms with E-state index in [0.29, 0.717) is 11.3 Å². The number of nitrogens with one attached hydrogen (secondary N) is 1. The summed E-state index contributed by atoms with van der Waals surface area (Å²) in [4.78, 5) is 12.1.